The molecular weight excluding hydrogens is 368 g/mol. The molecule has 0 aliphatic heterocycles. The molecule has 152 valence electrons. The molecule has 0 radical (unpaired) electrons. The van der Waals surface area contributed by atoms with Crippen molar-refractivity contribution in [1.29, 1.82) is 0 Å². The number of hydrogen-bond donors (Lipinski definition) is 1. The molecule has 4 aromatic rings. The number of benzene rings is 3. The number of nitrogens with one attached hydrogen (secondary N) is 1. The summed E-state index contributed by atoms with van der Waals surface area (Å²) in [4.78, 5) is 4.91. The van der Waals surface area contributed by atoms with Crippen LogP contribution >= 0.6 is 0 Å². The molecule has 0 unspecified atom stereocenters. The minimum Gasteiger partial charge on any atom is -0.488 e. The molecule has 3 aromatic carbocycles. The van der Waals surface area contributed by atoms with Crippen LogP contribution in [0.25, 0.3) is 22.2 Å². The Hall–Kier alpha value is -3.17. The van der Waals surface area contributed by atoms with Crippen LogP contribution in [0.3, 0.4) is 0 Å². The Kier molecular flexibility index (Phi) is 6.73. The van der Waals surface area contributed by atoms with Gasteiger partial charge in [0, 0.05) is 23.6 Å². The quantitative estimate of drug-likeness (QED) is 0.334. The molecule has 1 N–H and O–H groups in total. The van der Waals surface area contributed by atoms with Gasteiger partial charge in [-0.2, -0.15) is 0 Å². The van der Waals surface area contributed by atoms with Crippen molar-refractivity contribution in [2.45, 2.75) is 32.9 Å². The molecule has 0 atom stereocenters. The van der Waals surface area contributed by atoms with Crippen LogP contribution in [-0.2, 0) is 13.2 Å². The van der Waals surface area contributed by atoms with E-state index in [1.807, 2.05) is 36.4 Å². The first-order chi connectivity index (χ1) is 14.8. The van der Waals surface area contributed by atoms with Gasteiger partial charge in [-0.1, -0.05) is 80.1 Å². The SMILES string of the molecule is CCCCNCc1ccc2nc(-c3ccccc3)cc(OCc3ccccc3)c2c1. The van der Waals surface area contributed by atoms with Gasteiger partial charge in [0.05, 0.1) is 11.2 Å². The number of ether oxygens (including phenoxy) is 1. The van der Waals surface area contributed by atoms with Crippen LogP contribution in [0.15, 0.2) is 84.9 Å². The third kappa shape index (κ3) is 5.05. The van der Waals surface area contributed by atoms with Crippen molar-refractivity contribution in [2.75, 3.05) is 6.54 Å². The largest absolute Gasteiger partial charge is 0.488 e. The first kappa shape index (κ1) is 20.1. The predicted molar refractivity (Wildman–Crippen MR) is 125 cm³/mol. The number of pyridine rings is 1. The van der Waals surface area contributed by atoms with Gasteiger partial charge in [-0.3, -0.25) is 0 Å². The highest BCUT2D eigenvalue weighted by molar-refractivity contribution is 5.88. The Morgan fingerprint density at radius 1 is 0.833 bits per heavy atom. The third-order valence-electron chi connectivity index (χ3n) is 5.18. The fraction of sp³-hybridized carbons (Fsp3) is 0.222. The lowest BCUT2D eigenvalue weighted by atomic mass is 10.1. The van der Waals surface area contributed by atoms with Crippen molar-refractivity contribution in [3.8, 4) is 17.0 Å². The van der Waals surface area contributed by atoms with Crippen LogP contribution in [0.5, 0.6) is 5.75 Å². The van der Waals surface area contributed by atoms with Gasteiger partial charge >= 0.3 is 0 Å². The molecule has 0 amide bonds. The second-order valence-electron chi connectivity index (χ2n) is 7.53. The summed E-state index contributed by atoms with van der Waals surface area (Å²) in [6, 6.07) is 29.1. The maximum Gasteiger partial charge on any atom is 0.131 e. The molecule has 0 aliphatic rings. The highest BCUT2D eigenvalue weighted by Crippen LogP contribution is 2.31. The van der Waals surface area contributed by atoms with E-state index in [1.165, 1.54) is 18.4 Å². The van der Waals surface area contributed by atoms with Crippen molar-refractivity contribution < 1.29 is 4.74 Å². The van der Waals surface area contributed by atoms with Gasteiger partial charge in [0.2, 0.25) is 0 Å². The molecular formula is C27H28N2O. The fourth-order valence-electron chi connectivity index (χ4n) is 3.50. The molecule has 1 heterocycles. The van der Waals surface area contributed by atoms with E-state index >= 15 is 0 Å². The Balaban J connectivity index is 1.67. The summed E-state index contributed by atoms with van der Waals surface area (Å²) in [6.07, 6.45) is 2.40. The number of hydrogen-bond acceptors (Lipinski definition) is 3. The van der Waals surface area contributed by atoms with Crippen LogP contribution in [0.1, 0.15) is 30.9 Å². The lowest BCUT2D eigenvalue weighted by Crippen LogP contribution is -2.14. The number of nitrogens with zero attached hydrogens (tertiary/aromatic N) is 1. The van der Waals surface area contributed by atoms with Crippen LogP contribution in [0.2, 0.25) is 0 Å². The van der Waals surface area contributed by atoms with E-state index in [0.29, 0.717) is 6.61 Å². The van der Waals surface area contributed by atoms with Gasteiger partial charge in [0.25, 0.3) is 0 Å². The molecule has 0 bridgehead atoms. The third-order valence-corrected chi connectivity index (χ3v) is 5.18. The second kappa shape index (κ2) is 10.0. The summed E-state index contributed by atoms with van der Waals surface area (Å²) in [5.74, 6) is 0.873. The summed E-state index contributed by atoms with van der Waals surface area (Å²) >= 11 is 0. The Morgan fingerprint density at radius 3 is 2.37 bits per heavy atom. The van der Waals surface area contributed by atoms with E-state index in [0.717, 1.165) is 46.6 Å². The number of fused-ring (bicyclic) bond motifs is 1. The zero-order valence-corrected chi connectivity index (χ0v) is 17.5. The predicted octanol–water partition coefficient (Wildman–Crippen LogP) is 6.37. The minimum absolute atomic E-state index is 0.535. The number of aromatic nitrogens is 1. The maximum absolute atomic E-state index is 6.31. The highest BCUT2D eigenvalue weighted by Gasteiger charge is 2.10. The van der Waals surface area contributed by atoms with Crippen molar-refractivity contribution in [1.82, 2.24) is 10.3 Å². The number of unbranched alkanes of at least 4 members (excludes halogenated alkanes) is 1. The molecule has 1 aromatic heterocycles. The van der Waals surface area contributed by atoms with E-state index in [-0.39, 0.29) is 0 Å². The molecule has 0 aliphatic carbocycles. The fourth-order valence-corrected chi connectivity index (χ4v) is 3.50. The standard InChI is InChI=1S/C27H28N2O/c1-2-3-16-28-19-22-14-15-25-24(17-22)27(30-20-21-10-6-4-7-11-21)18-26(29-25)23-12-8-5-9-13-23/h4-15,17-18,28H,2-3,16,19-20H2,1H3. The second-order valence-corrected chi connectivity index (χ2v) is 7.53. The van der Waals surface area contributed by atoms with Gasteiger partial charge in [0.1, 0.15) is 12.4 Å². The van der Waals surface area contributed by atoms with Crippen molar-refractivity contribution in [3.05, 3.63) is 96.1 Å². The Bertz CT molecular complexity index is 1080. The summed E-state index contributed by atoms with van der Waals surface area (Å²) in [5, 5.41) is 4.58. The van der Waals surface area contributed by atoms with Gasteiger partial charge in [-0.15, -0.1) is 0 Å². The summed E-state index contributed by atoms with van der Waals surface area (Å²) < 4.78 is 6.31. The lowest BCUT2D eigenvalue weighted by molar-refractivity contribution is 0.310. The molecule has 0 saturated carbocycles. The van der Waals surface area contributed by atoms with Crippen molar-refractivity contribution in [3.63, 3.8) is 0 Å². The first-order valence-electron chi connectivity index (χ1n) is 10.7. The molecule has 3 nitrogen and oxygen atoms in total. The molecule has 30 heavy (non-hydrogen) atoms. The van der Waals surface area contributed by atoms with E-state index in [4.69, 9.17) is 9.72 Å². The smallest absolute Gasteiger partial charge is 0.131 e. The van der Waals surface area contributed by atoms with Crippen molar-refractivity contribution in [2.24, 2.45) is 0 Å². The van der Waals surface area contributed by atoms with Crippen LogP contribution in [0, 0.1) is 0 Å². The first-order valence-corrected chi connectivity index (χ1v) is 10.7. The minimum atomic E-state index is 0.535. The van der Waals surface area contributed by atoms with Gasteiger partial charge in [-0.05, 0) is 36.2 Å². The molecule has 3 heteroatoms. The van der Waals surface area contributed by atoms with E-state index in [2.05, 4.69) is 60.8 Å². The van der Waals surface area contributed by atoms with Gasteiger partial charge in [-0.25, -0.2) is 4.98 Å². The molecule has 0 fully saturated rings. The summed E-state index contributed by atoms with van der Waals surface area (Å²) in [6.45, 7) is 4.64. The average molecular weight is 397 g/mol. The zero-order valence-electron chi connectivity index (χ0n) is 17.5. The molecule has 4 rings (SSSR count). The monoisotopic (exact) mass is 396 g/mol. The van der Waals surface area contributed by atoms with Crippen LogP contribution < -0.4 is 10.1 Å². The van der Waals surface area contributed by atoms with E-state index in [9.17, 15) is 0 Å². The van der Waals surface area contributed by atoms with E-state index < -0.39 is 0 Å². The topological polar surface area (TPSA) is 34.2 Å². The summed E-state index contributed by atoms with van der Waals surface area (Å²) in [7, 11) is 0. The number of rotatable bonds is 9. The van der Waals surface area contributed by atoms with Gasteiger partial charge in [0.15, 0.2) is 0 Å². The van der Waals surface area contributed by atoms with E-state index in [1.54, 1.807) is 0 Å². The average Bonchev–Trinajstić information content (AvgIpc) is 2.81. The van der Waals surface area contributed by atoms with Crippen molar-refractivity contribution >= 4 is 10.9 Å². The normalized spacial score (nSPS) is 11.0. The summed E-state index contributed by atoms with van der Waals surface area (Å²) in [5.41, 5.74) is 5.38. The zero-order chi connectivity index (χ0) is 20.6. The Morgan fingerprint density at radius 2 is 1.60 bits per heavy atom. The molecule has 0 saturated heterocycles. The Labute approximate surface area is 178 Å². The van der Waals surface area contributed by atoms with Gasteiger partial charge < -0.3 is 10.1 Å². The van der Waals surface area contributed by atoms with Crippen LogP contribution in [0.4, 0.5) is 0 Å². The van der Waals surface area contributed by atoms with Crippen LogP contribution in [-0.4, -0.2) is 11.5 Å². The highest BCUT2D eigenvalue weighted by atomic mass is 16.5. The lowest BCUT2D eigenvalue weighted by Gasteiger charge is -2.13. The molecule has 0 spiro atoms. The maximum atomic E-state index is 6.31.